The molecule has 144 valence electrons. The van der Waals surface area contributed by atoms with Gasteiger partial charge >= 0.3 is 5.97 Å². The van der Waals surface area contributed by atoms with Crippen molar-refractivity contribution < 1.29 is 14.3 Å². The number of nitrogens with zero attached hydrogens (tertiary/aromatic N) is 3. The Morgan fingerprint density at radius 1 is 1.15 bits per heavy atom. The maximum absolute atomic E-state index is 12.3. The zero-order valence-corrected chi connectivity index (χ0v) is 16.1. The van der Waals surface area contributed by atoms with Crippen LogP contribution in [0.15, 0.2) is 30.3 Å². The Bertz CT molecular complexity index is 790. The van der Waals surface area contributed by atoms with Crippen LogP contribution in [0, 0.1) is 6.92 Å². The molecule has 1 heterocycles. The lowest BCUT2D eigenvalue weighted by atomic mass is 10.2. The van der Waals surface area contributed by atoms with E-state index in [9.17, 15) is 9.59 Å². The lowest BCUT2D eigenvalue weighted by Crippen LogP contribution is -2.32. The highest BCUT2D eigenvalue weighted by Crippen LogP contribution is 2.17. The predicted molar refractivity (Wildman–Crippen MR) is 103 cm³/mol. The summed E-state index contributed by atoms with van der Waals surface area (Å²) >= 11 is 0. The van der Waals surface area contributed by atoms with E-state index in [2.05, 4.69) is 20.6 Å². The number of nitrogens with one attached hydrogen (secondary N) is 2. The zero-order valence-electron chi connectivity index (χ0n) is 16.1. The van der Waals surface area contributed by atoms with E-state index >= 15 is 0 Å². The Hall–Kier alpha value is -3.00. The predicted octanol–water partition coefficient (Wildman–Crippen LogP) is 2.00. The average molecular weight is 371 g/mol. The molecule has 0 spiro atoms. The van der Waals surface area contributed by atoms with E-state index in [0.29, 0.717) is 36.1 Å². The minimum atomic E-state index is -0.362. The van der Waals surface area contributed by atoms with Crippen LogP contribution in [-0.2, 0) is 4.74 Å². The fourth-order valence-corrected chi connectivity index (χ4v) is 2.28. The average Bonchev–Trinajstić information content (AvgIpc) is 2.61. The molecule has 0 aliphatic rings. The first kappa shape index (κ1) is 20.3. The van der Waals surface area contributed by atoms with Crippen molar-refractivity contribution in [3.8, 4) is 0 Å². The van der Waals surface area contributed by atoms with Crippen LogP contribution in [-0.4, -0.2) is 60.5 Å². The lowest BCUT2D eigenvalue weighted by molar-refractivity contribution is 0.0526. The maximum Gasteiger partial charge on any atom is 0.338 e. The SMILES string of the molecule is CCOC(=O)c1ccc(Nc2cc(C(=O)NCCN(C)C)nc(C)n2)cc1. The largest absolute Gasteiger partial charge is 0.462 e. The molecule has 2 N–H and O–H groups in total. The normalized spacial score (nSPS) is 10.6. The molecular formula is C19H25N5O3. The van der Waals surface area contributed by atoms with Crippen molar-refractivity contribution in [2.24, 2.45) is 0 Å². The molecule has 8 nitrogen and oxygen atoms in total. The van der Waals surface area contributed by atoms with E-state index in [0.717, 1.165) is 12.2 Å². The summed E-state index contributed by atoms with van der Waals surface area (Å²) in [5.74, 6) is 0.381. The Morgan fingerprint density at radius 3 is 2.48 bits per heavy atom. The van der Waals surface area contributed by atoms with E-state index in [1.54, 1.807) is 44.2 Å². The summed E-state index contributed by atoms with van der Waals surface area (Å²) in [6, 6.07) is 8.44. The summed E-state index contributed by atoms with van der Waals surface area (Å²) in [5.41, 5.74) is 1.51. The number of aryl methyl sites for hydroxylation is 1. The van der Waals surface area contributed by atoms with Crippen LogP contribution in [0.5, 0.6) is 0 Å². The Kier molecular flexibility index (Phi) is 7.25. The third-order valence-corrected chi connectivity index (χ3v) is 3.58. The van der Waals surface area contributed by atoms with Gasteiger partial charge in [-0.2, -0.15) is 0 Å². The van der Waals surface area contributed by atoms with E-state index in [4.69, 9.17) is 4.74 Å². The first-order valence-electron chi connectivity index (χ1n) is 8.72. The fourth-order valence-electron chi connectivity index (χ4n) is 2.28. The number of hydrogen-bond acceptors (Lipinski definition) is 7. The van der Waals surface area contributed by atoms with Gasteiger partial charge in [0.2, 0.25) is 0 Å². The molecule has 0 fully saturated rings. The maximum atomic E-state index is 12.3. The number of anilines is 2. The van der Waals surface area contributed by atoms with Crippen LogP contribution in [0.3, 0.4) is 0 Å². The summed E-state index contributed by atoms with van der Waals surface area (Å²) in [5, 5.41) is 5.95. The standard InChI is InChI=1S/C19H25N5O3/c1-5-27-19(26)14-6-8-15(9-7-14)23-17-12-16(21-13(2)22-17)18(25)20-10-11-24(3)4/h6-9,12H,5,10-11H2,1-4H3,(H,20,25)(H,21,22,23). The number of rotatable bonds is 8. The monoisotopic (exact) mass is 371 g/mol. The Morgan fingerprint density at radius 2 is 1.85 bits per heavy atom. The van der Waals surface area contributed by atoms with Crippen molar-refractivity contribution in [1.82, 2.24) is 20.2 Å². The molecule has 0 atom stereocenters. The lowest BCUT2D eigenvalue weighted by Gasteiger charge is -2.11. The van der Waals surface area contributed by atoms with Crippen molar-refractivity contribution in [3.05, 3.63) is 47.4 Å². The molecule has 0 bridgehead atoms. The number of hydrogen-bond donors (Lipinski definition) is 2. The number of likely N-dealkylation sites (N-methyl/N-ethyl adjacent to an activating group) is 1. The van der Waals surface area contributed by atoms with Crippen molar-refractivity contribution in [2.75, 3.05) is 39.1 Å². The highest BCUT2D eigenvalue weighted by molar-refractivity contribution is 5.93. The van der Waals surface area contributed by atoms with Gasteiger partial charge < -0.3 is 20.3 Å². The third kappa shape index (κ3) is 6.34. The molecule has 2 rings (SSSR count). The fraction of sp³-hybridized carbons (Fsp3) is 0.368. The summed E-state index contributed by atoms with van der Waals surface area (Å²) < 4.78 is 4.96. The Labute approximate surface area is 159 Å². The number of ether oxygens (including phenoxy) is 1. The highest BCUT2D eigenvalue weighted by Gasteiger charge is 2.11. The van der Waals surface area contributed by atoms with Crippen molar-refractivity contribution in [1.29, 1.82) is 0 Å². The number of carbonyl (C=O) groups excluding carboxylic acids is 2. The van der Waals surface area contributed by atoms with E-state index in [1.165, 1.54) is 0 Å². The molecule has 1 amide bonds. The number of aromatic nitrogens is 2. The van der Waals surface area contributed by atoms with Gasteiger partial charge in [0.05, 0.1) is 12.2 Å². The highest BCUT2D eigenvalue weighted by atomic mass is 16.5. The van der Waals surface area contributed by atoms with Crippen LogP contribution < -0.4 is 10.6 Å². The van der Waals surface area contributed by atoms with Gasteiger partial charge in [-0.15, -0.1) is 0 Å². The van der Waals surface area contributed by atoms with E-state index in [-0.39, 0.29) is 11.9 Å². The summed E-state index contributed by atoms with van der Waals surface area (Å²) in [6.45, 7) is 5.10. The minimum absolute atomic E-state index is 0.247. The third-order valence-electron chi connectivity index (χ3n) is 3.58. The van der Waals surface area contributed by atoms with Gasteiger partial charge in [-0.1, -0.05) is 0 Å². The molecule has 27 heavy (non-hydrogen) atoms. The zero-order chi connectivity index (χ0) is 19.8. The second kappa shape index (κ2) is 9.63. The van der Waals surface area contributed by atoms with Crippen LogP contribution in [0.25, 0.3) is 0 Å². The molecule has 1 aromatic carbocycles. The van der Waals surface area contributed by atoms with Crippen LogP contribution in [0.2, 0.25) is 0 Å². The second-order valence-corrected chi connectivity index (χ2v) is 6.17. The van der Waals surface area contributed by atoms with Gasteiger partial charge in [0.25, 0.3) is 5.91 Å². The summed E-state index contributed by atoms with van der Waals surface area (Å²) in [6.07, 6.45) is 0. The van der Waals surface area contributed by atoms with Gasteiger partial charge in [0.1, 0.15) is 17.3 Å². The number of carbonyl (C=O) groups is 2. The molecule has 0 saturated heterocycles. The molecule has 1 aromatic heterocycles. The molecule has 0 saturated carbocycles. The van der Waals surface area contributed by atoms with Gasteiger partial charge in [0, 0.05) is 24.8 Å². The first-order chi connectivity index (χ1) is 12.9. The van der Waals surface area contributed by atoms with Gasteiger partial charge in [-0.3, -0.25) is 4.79 Å². The quantitative estimate of drug-likeness (QED) is 0.685. The first-order valence-corrected chi connectivity index (χ1v) is 8.72. The number of amides is 1. The minimum Gasteiger partial charge on any atom is -0.462 e. The molecule has 0 aliphatic heterocycles. The van der Waals surface area contributed by atoms with Crippen LogP contribution in [0.4, 0.5) is 11.5 Å². The van der Waals surface area contributed by atoms with Crippen molar-refractivity contribution in [3.63, 3.8) is 0 Å². The number of esters is 1. The Balaban J connectivity index is 2.07. The second-order valence-electron chi connectivity index (χ2n) is 6.17. The van der Waals surface area contributed by atoms with Crippen LogP contribution >= 0.6 is 0 Å². The van der Waals surface area contributed by atoms with E-state index < -0.39 is 0 Å². The number of benzene rings is 1. The molecule has 0 aliphatic carbocycles. The topological polar surface area (TPSA) is 96.4 Å². The molecule has 8 heteroatoms. The van der Waals surface area contributed by atoms with E-state index in [1.807, 2.05) is 19.0 Å². The van der Waals surface area contributed by atoms with Crippen LogP contribution in [0.1, 0.15) is 33.6 Å². The van der Waals surface area contributed by atoms with Gasteiger partial charge in [-0.05, 0) is 52.2 Å². The van der Waals surface area contributed by atoms with Crippen molar-refractivity contribution >= 4 is 23.4 Å². The molecular weight excluding hydrogens is 346 g/mol. The van der Waals surface area contributed by atoms with Gasteiger partial charge in [-0.25, -0.2) is 14.8 Å². The van der Waals surface area contributed by atoms with Crippen molar-refractivity contribution in [2.45, 2.75) is 13.8 Å². The molecule has 2 aromatic rings. The smallest absolute Gasteiger partial charge is 0.338 e. The molecule has 0 radical (unpaired) electrons. The molecule has 0 unspecified atom stereocenters. The summed E-state index contributed by atoms with van der Waals surface area (Å²) in [7, 11) is 3.88. The summed E-state index contributed by atoms with van der Waals surface area (Å²) in [4.78, 5) is 34.4. The van der Waals surface area contributed by atoms with Gasteiger partial charge in [0.15, 0.2) is 0 Å².